The molecule has 4 heteroatoms. The van der Waals surface area contributed by atoms with Crippen LogP contribution in [0.5, 0.6) is 0 Å². The molecule has 11 heavy (non-hydrogen) atoms. The van der Waals surface area contributed by atoms with Crippen LogP contribution < -0.4 is 11.1 Å². The van der Waals surface area contributed by atoms with Gasteiger partial charge in [0.2, 0.25) is 5.91 Å². The molecule has 0 aliphatic rings. The minimum Gasteiger partial charge on any atom is -0.384 e. The van der Waals surface area contributed by atoms with Gasteiger partial charge in [0.05, 0.1) is 11.9 Å². The molecule has 0 spiro atoms. The fraction of sp³-hybridized carbons (Fsp3) is 0.143. The van der Waals surface area contributed by atoms with E-state index in [1.807, 2.05) is 0 Å². The van der Waals surface area contributed by atoms with Gasteiger partial charge in [0, 0.05) is 6.92 Å². The fourth-order valence-electron chi connectivity index (χ4n) is 0.683. The second-order valence-electron chi connectivity index (χ2n) is 2.15. The highest BCUT2D eigenvalue weighted by Crippen LogP contribution is 2.05. The Morgan fingerprint density at radius 1 is 1.64 bits per heavy atom. The number of carbonyl (C=O) groups is 1. The Morgan fingerprint density at radius 3 is 2.82 bits per heavy atom. The summed E-state index contributed by atoms with van der Waals surface area (Å²) in [6.45, 7) is 1.44. The minimum absolute atomic E-state index is 0.114. The van der Waals surface area contributed by atoms with Crippen LogP contribution in [0, 0.1) is 0 Å². The Kier molecular flexibility index (Phi) is 2.06. The molecule has 4 nitrogen and oxygen atoms in total. The predicted octanol–water partition coefficient (Wildman–Crippen LogP) is 0.622. The van der Waals surface area contributed by atoms with Gasteiger partial charge in [0.15, 0.2) is 0 Å². The average molecular weight is 151 g/mol. The largest absolute Gasteiger partial charge is 0.384 e. The Bertz CT molecular complexity index is 255. The Labute approximate surface area is 64.4 Å². The Balaban J connectivity index is 2.74. The van der Waals surface area contributed by atoms with E-state index >= 15 is 0 Å². The molecule has 0 bridgehead atoms. The maximum absolute atomic E-state index is 10.5. The van der Waals surface area contributed by atoms with Gasteiger partial charge in [0.1, 0.15) is 5.82 Å². The molecule has 0 saturated carbocycles. The van der Waals surface area contributed by atoms with Crippen LogP contribution in [-0.4, -0.2) is 10.9 Å². The van der Waals surface area contributed by atoms with E-state index in [9.17, 15) is 4.79 Å². The lowest BCUT2D eigenvalue weighted by Gasteiger charge is -1.99. The first kappa shape index (κ1) is 7.53. The first-order valence-electron chi connectivity index (χ1n) is 3.17. The zero-order valence-corrected chi connectivity index (χ0v) is 6.16. The summed E-state index contributed by atoms with van der Waals surface area (Å²) in [6.07, 6.45) is 1.51. The van der Waals surface area contributed by atoms with Gasteiger partial charge in [-0.1, -0.05) is 0 Å². The van der Waals surface area contributed by atoms with E-state index in [-0.39, 0.29) is 5.91 Å². The summed E-state index contributed by atoms with van der Waals surface area (Å²) in [5.74, 6) is 0.329. The lowest BCUT2D eigenvalue weighted by Crippen LogP contribution is -2.06. The summed E-state index contributed by atoms with van der Waals surface area (Å²) < 4.78 is 0. The molecule has 58 valence electrons. The fourth-order valence-corrected chi connectivity index (χ4v) is 0.683. The maximum atomic E-state index is 10.5. The average Bonchev–Trinajstić information content (AvgIpc) is 1.93. The topological polar surface area (TPSA) is 68.0 Å². The summed E-state index contributed by atoms with van der Waals surface area (Å²) in [5.41, 5.74) is 5.99. The molecule has 0 fully saturated rings. The molecule has 0 radical (unpaired) electrons. The third-order valence-electron chi connectivity index (χ3n) is 1.11. The van der Waals surface area contributed by atoms with Crippen molar-refractivity contribution in [2.45, 2.75) is 6.92 Å². The summed E-state index contributed by atoms with van der Waals surface area (Å²) in [4.78, 5) is 14.3. The summed E-state index contributed by atoms with van der Waals surface area (Å²) in [5, 5.41) is 2.58. The van der Waals surface area contributed by atoms with Gasteiger partial charge in [0.25, 0.3) is 0 Å². The number of hydrogen-bond donors (Lipinski definition) is 2. The molecule has 0 atom stereocenters. The van der Waals surface area contributed by atoms with E-state index in [1.54, 1.807) is 12.1 Å². The van der Waals surface area contributed by atoms with Crippen molar-refractivity contribution in [1.29, 1.82) is 0 Å². The molecule has 3 N–H and O–H groups in total. The van der Waals surface area contributed by atoms with Gasteiger partial charge in [-0.2, -0.15) is 0 Å². The number of pyridine rings is 1. The molecule has 1 heterocycles. The summed E-state index contributed by atoms with van der Waals surface area (Å²) in [7, 11) is 0. The SMILES string of the molecule is CC(=O)Nc1ccc(N)nc1. The predicted molar refractivity (Wildman–Crippen MR) is 43.0 cm³/mol. The molecule has 1 amide bonds. The van der Waals surface area contributed by atoms with E-state index in [0.717, 1.165) is 0 Å². The van der Waals surface area contributed by atoms with Gasteiger partial charge < -0.3 is 11.1 Å². The molecule has 0 aromatic carbocycles. The van der Waals surface area contributed by atoms with Crippen LogP contribution in [0.15, 0.2) is 18.3 Å². The molecular weight excluding hydrogens is 142 g/mol. The van der Waals surface area contributed by atoms with E-state index in [4.69, 9.17) is 5.73 Å². The van der Waals surface area contributed by atoms with Crippen molar-refractivity contribution in [3.05, 3.63) is 18.3 Å². The first-order valence-corrected chi connectivity index (χ1v) is 3.17. The molecule has 0 aliphatic heterocycles. The zero-order chi connectivity index (χ0) is 8.27. The molecule has 0 aliphatic carbocycles. The molecule has 0 unspecified atom stereocenters. The molecule has 1 rings (SSSR count). The first-order chi connectivity index (χ1) is 5.18. The molecule has 0 saturated heterocycles. The van der Waals surface area contributed by atoms with Gasteiger partial charge in [-0.15, -0.1) is 0 Å². The van der Waals surface area contributed by atoms with Gasteiger partial charge in [-0.25, -0.2) is 4.98 Å². The lowest BCUT2D eigenvalue weighted by atomic mass is 10.4. The summed E-state index contributed by atoms with van der Waals surface area (Å²) in [6, 6.07) is 3.33. The number of anilines is 2. The van der Waals surface area contributed by atoms with Crippen LogP contribution in [0.4, 0.5) is 11.5 Å². The van der Waals surface area contributed by atoms with E-state index in [1.165, 1.54) is 13.1 Å². The van der Waals surface area contributed by atoms with Gasteiger partial charge in [-0.3, -0.25) is 4.79 Å². The van der Waals surface area contributed by atoms with Crippen molar-refractivity contribution in [3.63, 3.8) is 0 Å². The Hall–Kier alpha value is -1.58. The quantitative estimate of drug-likeness (QED) is 0.618. The van der Waals surface area contributed by atoms with Crippen LogP contribution in [0.25, 0.3) is 0 Å². The van der Waals surface area contributed by atoms with Gasteiger partial charge in [-0.05, 0) is 12.1 Å². The number of rotatable bonds is 1. The zero-order valence-electron chi connectivity index (χ0n) is 6.16. The molecule has 1 aromatic heterocycles. The van der Waals surface area contributed by atoms with Crippen LogP contribution >= 0.6 is 0 Å². The maximum Gasteiger partial charge on any atom is 0.221 e. The number of nitrogens with zero attached hydrogens (tertiary/aromatic N) is 1. The van der Waals surface area contributed by atoms with Crippen molar-refractivity contribution in [2.75, 3.05) is 11.1 Å². The van der Waals surface area contributed by atoms with Crippen LogP contribution in [0.1, 0.15) is 6.92 Å². The van der Waals surface area contributed by atoms with Crippen LogP contribution in [-0.2, 0) is 4.79 Å². The number of nitrogens with one attached hydrogen (secondary N) is 1. The third kappa shape index (κ3) is 2.25. The number of aromatic nitrogens is 1. The van der Waals surface area contributed by atoms with E-state index < -0.39 is 0 Å². The van der Waals surface area contributed by atoms with E-state index in [0.29, 0.717) is 11.5 Å². The van der Waals surface area contributed by atoms with Crippen LogP contribution in [0.2, 0.25) is 0 Å². The lowest BCUT2D eigenvalue weighted by molar-refractivity contribution is -0.114. The smallest absolute Gasteiger partial charge is 0.221 e. The number of nitrogens with two attached hydrogens (primary N) is 1. The normalized spacial score (nSPS) is 9.18. The number of carbonyl (C=O) groups excluding carboxylic acids is 1. The number of nitrogen functional groups attached to an aromatic ring is 1. The minimum atomic E-state index is -0.114. The summed E-state index contributed by atoms with van der Waals surface area (Å²) >= 11 is 0. The van der Waals surface area contributed by atoms with Crippen molar-refractivity contribution in [3.8, 4) is 0 Å². The van der Waals surface area contributed by atoms with Gasteiger partial charge >= 0.3 is 0 Å². The number of amides is 1. The van der Waals surface area contributed by atoms with Crippen molar-refractivity contribution < 1.29 is 4.79 Å². The van der Waals surface area contributed by atoms with Crippen molar-refractivity contribution in [1.82, 2.24) is 4.98 Å². The highest BCUT2D eigenvalue weighted by molar-refractivity contribution is 5.88. The van der Waals surface area contributed by atoms with Crippen LogP contribution in [0.3, 0.4) is 0 Å². The number of hydrogen-bond acceptors (Lipinski definition) is 3. The van der Waals surface area contributed by atoms with Crippen molar-refractivity contribution in [2.24, 2.45) is 0 Å². The second-order valence-corrected chi connectivity index (χ2v) is 2.15. The third-order valence-corrected chi connectivity index (χ3v) is 1.11. The Morgan fingerprint density at radius 2 is 2.36 bits per heavy atom. The standard InChI is InChI=1S/C7H9N3O/c1-5(11)10-6-2-3-7(8)9-4-6/h2-4H,1H3,(H2,8,9)(H,10,11). The highest BCUT2D eigenvalue weighted by Gasteiger charge is 1.93. The monoisotopic (exact) mass is 151 g/mol. The molecular formula is C7H9N3O. The van der Waals surface area contributed by atoms with Crippen molar-refractivity contribution >= 4 is 17.4 Å². The highest BCUT2D eigenvalue weighted by atomic mass is 16.1. The van der Waals surface area contributed by atoms with E-state index in [2.05, 4.69) is 10.3 Å². The second kappa shape index (κ2) is 3.01. The molecule has 1 aromatic rings.